The van der Waals surface area contributed by atoms with Crippen molar-refractivity contribution in [1.82, 2.24) is 10.3 Å². The van der Waals surface area contributed by atoms with E-state index in [0.29, 0.717) is 6.54 Å². The molecule has 0 unspecified atom stereocenters. The van der Waals surface area contributed by atoms with Crippen LogP contribution in [-0.2, 0) is 12.0 Å². The van der Waals surface area contributed by atoms with Gasteiger partial charge < -0.3 is 5.32 Å². The standard InChI is InChI=1S/C14H19N3O/c1-10-13(17-18-16-10)9-15-12-7-5-11(6-8-12)14(2,3)4/h5-8,15H,9H2,1-4H3. The third kappa shape index (κ3) is 2.88. The van der Waals surface area contributed by atoms with Gasteiger partial charge in [-0.25, -0.2) is 4.63 Å². The van der Waals surface area contributed by atoms with E-state index in [-0.39, 0.29) is 5.41 Å². The SMILES string of the molecule is Cc1nonc1CNc1ccc(C(C)(C)C)cc1. The minimum absolute atomic E-state index is 0.186. The topological polar surface area (TPSA) is 51.0 Å². The predicted molar refractivity (Wildman–Crippen MR) is 71.5 cm³/mol. The fraction of sp³-hybridized carbons (Fsp3) is 0.429. The Bertz CT molecular complexity index is 509. The molecule has 0 saturated heterocycles. The van der Waals surface area contributed by atoms with E-state index in [1.165, 1.54) is 5.56 Å². The number of anilines is 1. The van der Waals surface area contributed by atoms with Gasteiger partial charge in [-0.05, 0) is 30.0 Å². The second-order valence-electron chi connectivity index (χ2n) is 5.48. The second kappa shape index (κ2) is 4.80. The van der Waals surface area contributed by atoms with Gasteiger partial charge >= 0.3 is 0 Å². The maximum Gasteiger partial charge on any atom is 0.127 e. The first-order chi connectivity index (χ1) is 8.47. The number of rotatable bonds is 3. The summed E-state index contributed by atoms with van der Waals surface area (Å²) < 4.78 is 4.66. The highest BCUT2D eigenvalue weighted by Crippen LogP contribution is 2.23. The highest BCUT2D eigenvalue weighted by molar-refractivity contribution is 5.46. The van der Waals surface area contributed by atoms with Gasteiger partial charge in [-0.2, -0.15) is 0 Å². The summed E-state index contributed by atoms with van der Waals surface area (Å²) in [4.78, 5) is 0. The smallest absolute Gasteiger partial charge is 0.127 e. The summed E-state index contributed by atoms with van der Waals surface area (Å²) in [6.07, 6.45) is 0. The minimum atomic E-state index is 0.186. The van der Waals surface area contributed by atoms with Crippen molar-refractivity contribution in [2.24, 2.45) is 0 Å². The molecule has 18 heavy (non-hydrogen) atoms. The Balaban J connectivity index is 2.01. The summed E-state index contributed by atoms with van der Waals surface area (Å²) in [5.41, 5.74) is 4.26. The molecule has 1 aromatic carbocycles. The van der Waals surface area contributed by atoms with Crippen LogP contribution in [0.2, 0.25) is 0 Å². The van der Waals surface area contributed by atoms with Crippen LogP contribution in [0, 0.1) is 6.92 Å². The van der Waals surface area contributed by atoms with E-state index in [2.05, 4.69) is 65.3 Å². The Morgan fingerprint density at radius 3 is 2.28 bits per heavy atom. The Labute approximate surface area is 107 Å². The fourth-order valence-electron chi connectivity index (χ4n) is 1.68. The molecule has 1 aromatic heterocycles. The summed E-state index contributed by atoms with van der Waals surface area (Å²) in [7, 11) is 0. The lowest BCUT2D eigenvalue weighted by Gasteiger charge is -2.19. The van der Waals surface area contributed by atoms with Crippen LogP contribution in [0.3, 0.4) is 0 Å². The number of aromatic nitrogens is 2. The summed E-state index contributed by atoms with van der Waals surface area (Å²) in [5, 5.41) is 10.9. The maximum absolute atomic E-state index is 4.66. The number of nitrogens with one attached hydrogen (secondary N) is 1. The van der Waals surface area contributed by atoms with Gasteiger partial charge in [0.05, 0.1) is 6.54 Å². The molecule has 0 bridgehead atoms. The zero-order valence-electron chi connectivity index (χ0n) is 11.3. The van der Waals surface area contributed by atoms with Crippen molar-refractivity contribution in [3.8, 4) is 0 Å². The molecule has 4 heteroatoms. The molecular formula is C14H19N3O. The van der Waals surface area contributed by atoms with Crippen molar-refractivity contribution in [1.29, 1.82) is 0 Å². The largest absolute Gasteiger partial charge is 0.379 e. The van der Waals surface area contributed by atoms with Crippen LogP contribution in [0.4, 0.5) is 5.69 Å². The third-order valence-corrected chi connectivity index (χ3v) is 2.96. The molecule has 2 rings (SSSR count). The van der Waals surface area contributed by atoms with Gasteiger partial charge in [0.1, 0.15) is 11.4 Å². The van der Waals surface area contributed by atoms with Crippen LogP contribution in [0.25, 0.3) is 0 Å². The third-order valence-electron chi connectivity index (χ3n) is 2.96. The Morgan fingerprint density at radius 1 is 1.11 bits per heavy atom. The van der Waals surface area contributed by atoms with Crippen LogP contribution in [0.15, 0.2) is 28.9 Å². The fourth-order valence-corrected chi connectivity index (χ4v) is 1.68. The lowest BCUT2D eigenvalue weighted by Crippen LogP contribution is -2.10. The first-order valence-corrected chi connectivity index (χ1v) is 6.09. The lowest BCUT2D eigenvalue weighted by molar-refractivity contribution is 0.301. The van der Waals surface area contributed by atoms with E-state index < -0.39 is 0 Å². The van der Waals surface area contributed by atoms with Crippen molar-refractivity contribution < 1.29 is 4.63 Å². The van der Waals surface area contributed by atoms with E-state index >= 15 is 0 Å². The molecule has 0 saturated carbocycles. The normalized spacial score (nSPS) is 11.6. The zero-order chi connectivity index (χ0) is 13.2. The molecule has 0 atom stereocenters. The molecular weight excluding hydrogens is 226 g/mol. The molecule has 0 spiro atoms. The number of nitrogens with zero attached hydrogens (tertiary/aromatic N) is 2. The van der Waals surface area contributed by atoms with E-state index in [9.17, 15) is 0 Å². The monoisotopic (exact) mass is 245 g/mol. The molecule has 0 aliphatic heterocycles. The summed E-state index contributed by atoms with van der Waals surface area (Å²) >= 11 is 0. The molecule has 96 valence electrons. The van der Waals surface area contributed by atoms with Crippen molar-refractivity contribution >= 4 is 5.69 Å². The number of hydrogen-bond donors (Lipinski definition) is 1. The molecule has 4 nitrogen and oxygen atoms in total. The highest BCUT2D eigenvalue weighted by Gasteiger charge is 2.12. The van der Waals surface area contributed by atoms with Crippen molar-refractivity contribution in [3.63, 3.8) is 0 Å². The van der Waals surface area contributed by atoms with Gasteiger partial charge in [0, 0.05) is 5.69 Å². The number of aryl methyl sites for hydroxylation is 1. The van der Waals surface area contributed by atoms with Gasteiger partial charge in [0.2, 0.25) is 0 Å². The van der Waals surface area contributed by atoms with Crippen LogP contribution < -0.4 is 5.32 Å². The maximum atomic E-state index is 4.66. The molecule has 1 N–H and O–H groups in total. The van der Waals surface area contributed by atoms with E-state index in [4.69, 9.17) is 0 Å². The van der Waals surface area contributed by atoms with Crippen LogP contribution >= 0.6 is 0 Å². The second-order valence-corrected chi connectivity index (χ2v) is 5.48. The van der Waals surface area contributed by atoms with Crippen LogP contribution in [0.1, 0.15) is 37.7 Å². The first kappa shape index (κ1) is 12.6. The number of benzene rings is 1. The Hall–Kier alpha value is -1.84. The minimum Gasteiger partial charge on any atom is -0.379 e. The quantitative estimate of drug-likeness (QED) is 0.901. The van der Waals surface area contributed by atoms with Gasteiger partial charge in [-0.1, -0.05) is 43.2 Å². The lowest BCUT2D eigenvalue weighted by atomic mass is 9.87. The molecule has 0 amide bonds. The first-order valence-electron chi connectivity index (χ1n) is 6.09. The Morgan fingerprint density at radius 2 is 1.78 bits per heavy atom. The van der Waals surface area contributed by atoms with Crippen molar-refractivity contribution in [2.75, 3.05) is 5.32 Å². The average molecular weight is 245 g/mol. The Kier molecular flexibility index (Phi) is 3.36. The van der Waals surface area contributed by atoms with Crippen molar-refractivity contribution in [2.45, 2.75) is 39.7 Å². The van der Waals surface area contributed by atoms with E-state index in [0.717, 1.165) is 17.1 Å². The predicted octanol–water partition coefficient (Wildman–Crippen LogP) is 3.29. The van der Waals surface area contributed by atoms with Gasteiger partial charge in [-0.3, -0.25) is 0 Å². The molecule has 1 heterocycles. The zero-order valence-corrected chi connectivity index (χ0v) is 11.3. The molecule has 2 aromatic rings. The summed E-state index contributed by atoms with van der Waals surface area (Å²) in [5.74, 6) is 0. The highest BCUT2D eigenvalue weighted by atomic mass is 16.6. The van der Waals surface area contributed by atoms with Gasteiger partial charge in [0.25, 0.3) is 0 Å². The summed E-state index contributed by atoms with van der Waals surface area (Å²) in [6.45, 7) is 9.14. The van der Waals surface area contributed by atoms with Crippen LogP contribution in [-0.4, -0.2) is 10.3 Å². The molecule has 0 aliphatic carbocycles. The van der Waals surface area contributed by atoms with Gasteiger partial charge in [0.15, 0.2) is 0 Å². The molecule has 0 fully saturated rings. The van der Waals surface area contributed by atoms with Gasteiger partial charge in [-0.15, -0.1) is 0 Å². The van der Waals surface area contributed by atoms with E-state index in [1.807, 2.05) is 6.92 Å². The number of hydrogen-bond acceptors (Lipinski definition) is 4. The summed E-state index contributed by atoms with van der Waals surface area (Å²) in [6, 6.07) is 8.47. The van der Waals surface area contributed by atoms with Crippen LogP contribution in [0.5, 0.6) is 0 Å². The van der Waals surface area contributed by atoms with E-state index in [1.54, 1.807) is 0 Å². The molecule has 0 aliphatic rings. The van der Waals surface area contributed by atoms with Crippen molar-refractivity contribution in [3.05, 3.63) is 41.2 Å². The average Bonchev–Trinajstić information content (AvgIpc) is 2.72. The molecule has 0 radical (unpaired) electrons.